The number of piperidine rings is 1. The molecular formula is C30H30F2N4O2. The van der Waals surface area contributed by atoms with Gasteiger partial charge in [-0.15, -0.1) is 0 Å². The molecule has 1 saturated heterocycles. The van der Waals surface area contributed by atoms with Crippen LogP contribution in [-0.2, 0) is 24.3 Å². The molecule has 1 N–H and O–H groups in total. The van der Waals surface area contributed by atoms with Crippen LogP contribution in [0.1, 0.15) is 45.8 Å². The van der Waals surface area contributed by atoms with Crippen LogP contribution < -0.4 is 5.32 Å². The maximum Gasteiger partial charge on any atom is 0.256 e. The number of likely N-dealkylation sites (tertiary alicyclic amines) is 1. The van der Waals surface area contributed by atoms with Gasteiger partial charge >= 0.3 is 0 Å². The third kappa shape index (κ3) is 5.59. The second kappa shape index (κ2) is 11.5. The molecule has 2 aromatic heterocycles. The van der Waals surface area contributed by atoms with Crippen LogP contribution in [0.15, 0.2) is 73.2 Å². The predicted molar refractivity (Wildman–Crippen MR) is 142 cm³/mol. The minimum atomic E-state index is -1.08. The van der Waals surface area contributed by atoms with Gasteiger partial charge in [0.05, 0.1) is 5.56 Å². The van der Waals surface area contributed by atoms with Gasteiger partial charge in [-0.25, -0.2) is 8.78 Å². The van der Waals surface area contributed by atoms with Gasteiger partial charge in [-0.1, -0.05) is 30.3 Å². The van der Waals surface area contributed by atoms with Crippen molar-refractivity contribution >= 4 is 22.7 Å². The lowest BCUT2D eigenvalue weighted by molar-refractivity contribution is -0.122. The smallest absolute Gasteiger partial charge is 0.256 e. The van der Waals surface area contributed by atoms with Crippen molar-refractivity contribution in [1.82, 2.24) is 19.8 Å². The van der Waals surface area contributed by atoms with Crippen molar-refractivity contribution in [2.45, 2.75) is 38.3 Å². The third-order valence-electron chi connectivity index (χ3n) is 7.30. The highest BCUT2D eigenvalue weighted by Crippen LogP contribution is 2.32. The Kier molecular flexibility index (Phi) is 7.77. The normalized spacial score (nSPS) is 14.1. The SMILES string of the molecule is O=C(CF)NCc1ccc(F)c(C2CCN(C(=O)c3cn(CCc4ccncc4)c4ccccc34)CC2)c1. The molecule has 8 heteroatoms. The number of hydrogen-bond acceptors (Lipinski definition) is 3. The van der Waals surface area contributed by atoms with Crippen LogP contribution in [0.5, 0.6) is 0 Å². The molecule has 1 fully saturated rings. The number of benzene rings is 2. The van der Waals surface area contributed by atoms with E-state index in [9.17, 15) is 18.4 Å². The number of carbonyl (C=O) groups excluding carboxylic acids is 2. The Morgan fingerprint density at radius 1 is 1.00 bits per heavy atom. The largest absolute Gasteiger partial charge is 0.350 e. The Bertz CT molecular complexity index is 1430. The molecule has 1 aliphatic rings. The number of nitrogens with zero attached hydrogens (tertiary/aromatic N) is 3. The van der Waals surface area contributed by atoms with E-state index in [1.807, 2.05) is 47.5 Å². The third-order valence-corrected chi connectivity index (χ3v) is 7.30. The number of pyridine rings is 1. The second-order valence-corrected chi connectivity index (χ2v) is 9.69. The van der Waals surface area contributed by atoms with E-state index in [1.54, 1.807) is 24.5 Å². The van der Waals surface area contributed by atoms with E-state index in [1.165, 1.54) is 11.6 Å². The Hall–Kier alpha value is -4.07. The second-order valence-electron chi connectivity index (χ2n) is 9.69. The summed E-state index contributed by atoms with van der Waals surface area (Å²) in [5.74, 6) is -1.03. The molecule has 1 aliphatic heterocycles. The first-order chi connectivity index (χ1) is 18.5. The number of carbonyl (C=O) groups is 2. The van der Waals surface area contributed by atoms with E-state index in [-0.39, 0.29) is 24.2 Å². The lowest BCUT2D eigenvalue weighted by Crippen LogP contribution is -2.38. The standard InChI is InChI=1S/C30H30F2N4O2/c31-18-29(37)34-19-22-5-6-27(32)25(17-22)23-10-15-35(16-11-23)30(38)26-20-36(28-4-2-1-3-24(26)28)14-9-21-7-12-33-13-8-21/h1-8,12-13,17,20,23H,9-11,14-16,18-19H2,(H,34,37). The Balaban J connectivity index is 1.27. The van der Waals surface area contributed by atoms with Crippen molar-refractivity contribution in [2.24, 2.45) is 0 Å². The van der Waals surface area contributed by atoms with Gasteiger partial charge < -0.3 is 14.8 Å². The fourth-order valence-electron chi connectivity index (χ4n) is 5.23. The summed E-state index contributed by atoms with van der Waals surface area (Å²) >= 11 is 0. The molecule has 0 bridgehead atoms. The molecule has 2 amide bonds. The van der Waals surface area contributed by atoms with Crippen LogP contribution in [0.2, 0.25) is 0 Å². The van der Waals surface area contributed by atoms with E-state index in [2.05, 4.69) is 14.9 Å². The monoisotopic (exact) mass is 516 g/mol. The van der Waals surface area contributed by atoms with Gasteiger partial charge in [0.25, 0.3) is 11.8 Å². The number of nitrogens with one attached hydrogen (secondary N) is 1. The highest BCUT2D eigenvalue weighted by molar-refractivity contribution is 6.07. The number of alkyl halides is 1. The lowest BCUT2D eigenvalue weighted by atomic mass is 9.88. The van der Waals surface area contributed by atoms with Gasteiger partial charge in [-0.3, -0.25) is 14.6 Å². The average molecular weight is 517 g/mol. The van der Waals surface area contributed by atoms with Gasteiger partial charge in [0.1, 0.15) is 5.82 Å². The zero-order valence-corrected chi connectivity index (χ0v) is 21.1. The molecule has 0 atom stereocenters. The Morgan fingerprint density at radius 2 is 1.76 bits per heavy atom. The summed E-state index contributed by atoms with van der Waals surface area (Å²) in [7, 11) is 0. The van der Waals surface area contributed by atoms with Crippen LogP contribution >= 0.6 is 0 Å². The Labute approximate surface area is 220 Å². The molecule has 0 unspecified atom stereocenters. The first kappa shape index (κ1) is 25.6. The zero-order chi connectivity index (χ0) is 26.5. The molecule has 5 rings (SSSR count). The van der Waals surface area contributed by atoms with Gasteiger partial charge in [-0.2, -0.15) is 0 Å². The molecule has 38 heavy (non-hydrogen) atoms. The topological polar surface area (TPSA) is 67.2 Å². The number of fused-ring (bicyclic) bond motifs is 1. The molecule has 0 saturated carbocycles. The highest BCUT2D eigenvalue weighted by atomic mass is 19.1. The molecule has 3 heterocycles. The summed E-state index contributed by atoms with van der Waals surface area (Å²) in [5.41, 5.74) is 4.20. The minimum absolute atomic E-state index is 0.00883. The summed E-state index contributed by atoms with van der Waals surface area (Å²) in [5, 5.41) is 3.41. The average Bonchev–Trinajstić information content (AvgIpc) is 3.34. The summed E-state index contributed by atoms with van der Waals surface area (Å²) in [6, 6.07) is 16.7. The van der Waals surface area contributed by atoms with Gasteiger partial charge in [0.2, 0.25) is 0 Å². The molecule has 6 nitrogen and oxygen atoms in total. The zero-order valence-electron chi connectivity index (χ0n) is 21.1. The van der Waals surface area contributed by atoms with Crippen molar-refractivity contribution in [3.8, 4) is 0 Å². The number of aromatic nitrogens is 2. The molecule has 2 aromatic carbocycles. The van der Waals surface area contributed by atoms with Crippen molar-refractivity contribution in [3.63, 3.8) is 0 Å². The van der Waals surface area contributed by atoms with Crippen LogP contribution in [0.4, 0.5) is 8.78 Å². The maximum atomic E-state index is 14.7. The molecule has 0 aliphatic carbocycles. The molecule has 0 radical (unpaired) electrons. The minimum Gasteiger partial charge on any atom is -0.350 e. The van der Waals surface area contributed by atoms with Crippen molar-refractivity contribution in [2.75, 3.05) is 19.8 Å². The number of hydrogen-bond donors (Lipinski definition) is 1. The van der Waals surface area contributed by atoms with E-state index < -0.39 is 12.6 Å². The maximum absolute atomic E-state index is 14.7. The number of halogens is 2. The molecule has 196 valence electrons. The molecule has 0 spiro atoms. The fraction of sp³-hybridized carbons (Fsp3) is 0.300. The van der Waals surface area contributed by atoms with E-state index >= 15 is 0 Å². The van der Waals surface area contributed by atoms with Crippen LogP contribution in [-0.4, -0.2) is 46.0 Å². The van der Waals surface area contributed by atoms with Crippen molar-refractivity contribution < 1.29 is 18.4 Å². The van der Waals surface area contributed by atoms with Crippen molar-refractivity contribution in [3.05, 3.63) is 101 Å². The highest BCUT2D eigenvalue weighted by Gasteiger charge is 2.28. The van der Waals surface area contributed by atoms with Crippen LogP contribution in [0, 0.1) is 5.82 Å². The van der Waals surface area contributed by atoms with E-state index in [0.29, 0.717) is 37.1 Å². The first-order valence-corrected chi connectivity index (χ1v) is 12.9. The summed E-state index contributed by atoms with van der Waals surface area (Å²) in [6.07, 6.45) is 7.65. The number of rotatable bonds is 8. The summed E-state index contributed by atoms with van der Waals surface area (Å²) in [4.78, 5) is 30.8. The van der Waals surface area contributed by atoms with Gasteiger partial charge in [-0.05, 0) is 66.1 Å². The van der Waals surface area contributed by atoms with Crippen molar-refractivity contribution in [1.29, 1.82) is 0 Å². The van der Waals surface area contributed by atoms with Gasteiger partial charge in [0, 0.05) is 55.7 Å². The molecule has 4 aromatic rings. The van der Waals surface area contributed by atoms with E-state index in [0.717, 1.165) is 29.4 Å². The molecular weight excluding hydrogens is 486 g/mol. The summed E-state index contributed by atoms with van der Waals surface area (Å²) < 4.78 is 29.3. The van der Waals surface area contributed by atoms with E-state index in [4.69, 9.17) is 0 Å². The first-order valence-electron chi connectivity index (χ1n) is 12.9. The fourth-order valence-corrected chi connectivity index (χ4v) is 5.23. The van der Waals surface area contributed by atoms with Crippen LogP contribution in [0.25, 0.3) is 10.9 Å². The lowest BCUT2D eigenvalue weighted by Gasteiger charge is -2.32. The quantitative estimate of drug-likeness (QED) is 0.358. The predicted octanol–water partition coefficient (Wildman–Crippen LogP) is 5.02. The Morgan fingerprint density at radius 3 is 2.53 bits per heavy atom. The number of para-hydroxylation sites is 1. The van der Waals surface area contributed by atoms with Crippen LogP contribution in [0.3, 0.4) is 0 Å². The number of aryl methyl sites for hydroxylation is 2. The number of amides is 2. The van der Waals surface area contributed by atoms with Gasteiger partial charge in [0.15, 0.2) is 6.67 Å². The summed E-state index contributed by atoms with van der Waals surface area (Å²) in [6.45, 7) is 0.883.